The number of ether oxygens (including phenoxy) is 1. The first-order valence-electron chi connectivity index (χ1n) is 9.25. The van der Waals surface area contributed by atoms with Gasteiger partial charge in [0.2, 0.25) is 12.3 Å². The number of halogens is 1. The van der Waals surface area contributed by atoms with Crippen LogP contribution in [0.15, 0.2) is 36.4 Å². The van der Waals surface area contributed by atoms with Gasteiger partial charge in [0.05, 0.1) is 5.69 Å². The summed E-state index contributed by atoms with van der Waals surface area (Å²) in [4.78, 5) is 15.3. The minimum atomic E-state index is -0.568. The molecule has 1 aromatic carbocycles. The zero-order chi connectivity index (χ0) is 19.6. The topological polar surface area (TPSA) is 77.2 Å². The molecule has 1 fully saturated rings. The SMILES string of the molecule is CCC1C(NC=O)CC1Oc1cc(C(C)(C)N)cc(-c2ccc(F)cc2)n1. The minimum absolute atomic E-state index is 0.00263. The number of aromatic nitrogens is 1. The van der Waals surface area contributed by atoms with Gasteiger partial charge < -0.3 is 15.8 Å². The van der Waals surface area contributed by atoms with E-state index in [4.69, 9.17) is 10.5 Å². The van der Waals surface area contributed by atoms with Crippen LogP contribution in [-0.4, -0.2) is 23.5 Å². The smallest absolute Gasteiger partial charge is 0.214 e. The van der Waals surface area contributed by atoms with Crippen molar-refractivity contribution < 1.29 is 13.9 Å². The number of hydrogen-bond donors (Lipinski definition) is 2. The van der Waals surface area contributed by atoms with Crippen LogP contribution in [0.2, 0.25) is 0 Å². The van der Waals surface area contributed by atoms with Gasteiger partial charge in [-0.2, -0.15) is 0 Å². The second kappa shape index (κ2) is 7.64. The van der Waals surface area contributed by atoms with Crippen molar-refractivity contribution in [2.24, 2.45) is 11.7 Å². The third kappa shape index (κ3) is 4.27. The van der Waals surface area contributed by atoms with Gasteiger partial charge in [-0.3, -0.25) is 4.79 Å². The maximum Gasteiger partial charge on any atom is 0.214 e. The molecule has 1 aromatic heterocycles. The van der Waals surface area contributed by atoms with E-state index in [0.717, 1.165) is 30.4 Å². The summed E-state index contributed by atoms with van der Waals surface area (Å²) in [6, 6.07) is 10.1. The Kier molecular flexibility index (Phi) is 5.46. The van der Waals surface area contributed by atoms with Crippen LogP contribution in [0.5, 0.6) is 5.88 Å². The Morgan fingerprint density at radius 3 is 2.63 bits per heavy atom. The van der Waals surface area contributed by atoms with Crippen molar-refractivity contribution in [3.05, 3.63) is 47.8 Å². The predicted octanol–water partition coefficient (Wildman–Crippen LogP) is 3.37. The summed E-state index contributed by atoms with van der Waals surface area (Å²) in [6.45, 7) is 5.92. The number of rotatable bonds is 7. The summed E-state index contributed by atoms with van der Waals surface area (Å²) in [7, 11) is 0. The molecule has 2 aromatic rings. The molecule has 3 unspecified atom stereocenters. The maximum atomic E-state index is 13.3. The summed E-state index contributed by atoms with van der Waals surface area (Å²) in [5, 5.41) is 2.84. The van der Waals surface area contributed by atoms with E-state index in [1.165, 1.54) is 12.1 Å². The van der Waals surface area contributed by atoms with Gasteiger partial charge in [-0.25, -0.2) is 9.37 Å². The lowest BCUT2D eigenvalue weighted by molar-refractivity contribution is -0.112. The highest BCUT2D eigenvalue weighted by molar-refractivity contribution is 5.61. The first-order chi connectivity index (χ1) is 12.8. The second-order valence-electron chi connectivity index (χ2n) is 7.66. The molecule has 1 saturated carbocycles. The fourth-order valence-corrected chi connectivity index (χ4v) is 3.49. The van der Waals surface area contributed by atoms with Crippen LogP contribution >= 0.6 is 0 Å². The molecule has 27 heavy (non-hydrogen) atoms. The Morgan fingerprint density at radius 1 is 1.33 bits per heavy atom. The molecule has 0 radical (unpaired) electrons. The first-order valence-corrected chi connectivity index (χ1v) is 9.25. The van der Waals surface area contributed by atoms with E-state index >= 15 is 0 Å². The summed E-state index contributed by atoms with van der Waals surface area (Å²) >= 11 is 0. The zero-order valence-corrected chi connectivity index (χ0v) is 15.9. The van der Waals surface area contributed by atoms with Crippen LogP contribution in [-0.2, 0) is 10.3 Å². The van der Waals surface area contributed by atoms with E-state index in [-0.39, 0.29) is 23.9 Å². The molecule has 1 aliphatic rings. The van der Waals surface area contributed by atoms with Crippen LogP contribution in [0, 0.1) is 11.7 Å². The Hall–Kier alpha value is -2.47. The number of carbonyl (C=O) groups excluding carboxylic acids is 1. The Morgan fingerprint density at radius 2 is 2.04 bits per heavy atom. The van der Waals surface area contributed by atoms with Crippen molar-refractivity contribution in [1.82, 2.24) is 10.3 Å². The normalized spacial score (nSPS) is 22.0. The molecule has 6 heteroatoms. The lowest BCUT2D eigenvalue weighted by Crippen LogP contribution is -2.55. The van der Waals surface area contributed by atoms with Gasteiger partial charge in [0, 0.05) is 35.5 Å². The van der Waals surface area contributed by atoms with E-state index in [9.17, 15) is 9.18 Å². The number of pyridine rings is 1. The highest BCUT2D eigenvalue weighted by Crippen LogP contribution is 2.35. The van der Waals surface area contributed by atoms with Crippen molar-refractivity contribution in [3.63, 3.8) is 0 Å². The van der Waals surface area contributed by atoms with E-state index in [0.29, 0.717) is 11.6 Å². The molecule has 144 valence electrons. The van der Waals surface area contributed by atoms with Crippen LogP contribution in [0.4, 0.5) is 4.39 Å². The van der Waals surface area contributed by atoms with Crippen LogP contribution < -0.4 is 15.8 Å². The molecule has 5 nitrogen and oxygen atoms in total. The summed E-state index contributed by atoms with van der Waals surface area (Å²) in [5.74, 6) is 0.457. The molecular weight excluding hydrogens is 345 g/mol. The van der Waals surface area contributed by atoms with E-state index < -0.39 is 5.54 Å². The van der Waals surface area contributed by atoms with Crippen molar-refractivity contribution >= 4 is 6.41 Å². The van der Waals surface area contributed by atoms with Crippen molar-refractivity contribution in [1.29, 1.82) is 0 Å². The monoisotopic (exact) mass is 371 g/mol. The molecule has 1 amide bonds. The van der Waals surface area contributed by atoms with Crippen molar-refractivity contribution in [2.75, 3.05) is 0 Å². The number of nitrogens with two attached hydrogens (primary N) is 1. The van der Waals surface area contributed by atoms with Crippen LogP contribution in [0.3, 0.4) is 0 Å². The molecule has 0 saturated heterocycles. The van der Waals surface area contributed by atoms with Crippen LogP contribution in [0.1, 0.15) is 39.2 Å². The molecule has 0 bridgehead atoms. The van der Waals surface area contributed by atoms with Gasteiger partial charge in [0.1, 0.15) is 11.9 Å². The van der Waals surface area contributed by atoms with E-state index in [1.54, 1.807) is 12.1 Å². The maximum absolute atomic E-state index is 13.3. The number of nitrogens with zero attached hydrogens (tertiary/aromatic N) is 1. The van der Waals surface area contributed by atoms with Gasteiger partial charge in [-0.1, -0.05) is 6.92 Å². The highest BCUT2D eigenvalue weighted by Gasteiger charge is 2.41. The lowest BCUT2D eigenvalue weighted by Gasteiger charge is -2.43. The van der Waals surface area contributed by atoms with Crippen LogP contribution in [0.25, 0.3) is 11.3 Å². The standard InChI is InChI=1S/C21H26FN3O2/c1-4-16-18(24-12-26)11-19(16)27-20-10-14(21(2,3)23)9-17(25-20)13-5-7-15(22)8-6-13/h5-10,12,16,18-19H,4,11,23H2,1-3H3,(H,24,26). The molecule has 0 aliphatic heterocycles. The average Bonchev–Trinajstić information content (AvgIpc) is 2.60. The molecule has 3 N–H and O–H groups in total. The van der Waals surface area contributed by atoms with Gasteiger partial charge in [-0.05, 0) is 56.2 Å². The number of amides is 1. The average molecular weight is 371 g/mol. The summed E-state index contributed by atoms with van der Waals surface area (Å²) in [5.41, 5.74) is 8.11. The quantitative estimate of drug-likeness (QED) is 0.732. The molecule has 0 spiro atoms. The summed E-state index contributed by atoms with van der Waals surface area (Å²) in [6.07, 6.45) is 2.40. The lowest BCUT2D eigenvalue weighted by atomic mass is 9.75. The molecule has 1 heterocycles. The fraction of sp³-hybridized carbons (Fsp3) is 0.429. The van der Waals surface area contributed by atoms with Gasteiger partial charge in [0.15, 0.2) is 0 Å². The minimum Gasteiger partial charge on any atom is -0.474 e. The van der Waals surface area contributed by atoms with Crippen molar-refractivity contribution in [3.8, 4) is 17.1 Å². The molecule has 1 aliphatic carbocycles. The second-order valence-corrected chi connectivity index (χ2v) is 7.66. The first kappa shape index (κ1) is 19.3. The van der Waals surface area contributed by atoms with Gasteiger partial charge in [0.25, 0.3) is 0 Å². The largest absolute Gasteiger partial charge is 0.474 e. The molecular formula is C21H26FN3O2. The third-order valence-electron chi connectivity index (χ3n) is 5.19. The predicted molar refractivity (Wildman–Crippen MR) is 103 cm³/mol. The Labute approximate surface area is 159 Å². The number of benzene rings is 1. The fourth-order valence-electron chi connectivity index (χ4n) is 3.49. The summed E-state index contributed by atoms with van der Waals surface area (Å²) < 4.78 is 19.4. The number of hydrogen-bond acceptors (Lipinski definition) is 4. The van der Waals surface area contributed by atoms with E-state index in [1.807, 2.05) is 26.0 Å². The highest BCUT2D eigenvalue weighted by atomic mass is 19.1. The Balaban J connectivity index is 1.89. The number of carbonyl (C=O) groups is 1. The molecule has 3 rings (SSSR count). The Bertz CT molecular complexity index is 802. The van der Waals surface area contributed by atoms with E-state index in [2.05, 4.69) is 17.2 Å². The number of nitrogens with one attached hydrogen (secondary N) is 1. The third-order valence-corrected chi connectivity index (χ3v) is 5.19. The van der Waals surface area contributed by atoms with Gasteiger partial charge >= 0.3 is 0 Å². The van der Waals surface area contributed by atoms with Crippen molar-refractivity contribution in [2.45, 2.75) is 51.3 Å². The zero-order valence-electron chi connectivity index (χ0n) is 15.9. The van der Waals surface area contributed by atoms with Gasteiger partial charge in [-0.15, -0.1) is 0 Å². The molecule has 3 atom stereocenters.